The fourth-order valence-corrected chi connectivity index (χ4v) is 2.97. The van der Waals surface area contributed by atoms with Crippen LogP contribution in [0.25, 0.3) is 0 Å². The molecule has 0 atom stereocenters. The Kier molecular flexibility index (Phi) is 4.36. The van der Waals surface area contributed by atoms with E-state index in [0.29, 0.717) is 0 Å². The fraction of sp³-hybridized carbons (Fsp3) is 0.333. The van der Waals surface area contributed by atoms with Gasteiger partial charge >= 0.3 is 12.3 Å². The van der Waals surface area contributed by atoms with Crippen molar-refractivity contribution in [1.29, 1.82) is 0 Å². The van der Waals surface area contributed by atoms with Gasteiger partial charge in [-0.25, -0.2) is 9.18 Å². The minimum absolute atomic E-state index is 0.0422. The number of amides is 1. The number of fused-ring (bicyclic) bond motifs is 1. The number of hydrogen-bond donors (Lipinski definition) is 1. The lowest BCUT2D eigenvalue weighted by Crippen LogP contribution is -2.36. The van der Waals surface area contributed by atoms with E-state index in [2.05, 4.69) is 5.10 Å². The van der Waals surface area contributed by atoms with Gasteiger partial charge in [0.15, 0.2) is 5.69 Å². The van der Waals surface area contributed by atoms with E-state index >= 15 is 0 Å². The zero-order valence-electron chi connectivity index (χ0n) is 12.6. The molecule has 1 N–H and O–H groups in total. The number of carboxylic acid groups (broad SMARTS) is 1. The predicted molar refractivity (Wildman–Crippen MR) is 79.9 cm³/mol. The second-order valence-electron chi connectivity index (χ2n) is 5.62. The van der Waals surface area contributed by atoms with Crippen LogP contribution in [0.5, 0.6) is 0 Å². The molecule has 0 saturated carbocycles. The molecule has 2 heterocycles. The quantitative estimate of drug-likeness (QED) is 0.810. The summed E-state index contributed by atoms with van der Waals surface area (Å²) in [5.74, 6) is -0.670. The Balaban J connectivity index is 2.04. The van der Waals surface area contributed by atoms with Crippen LogP contribution >= 0.6 is 11.6 Å². The molecule has 1 aromatic heterocycles. The molecule has 25 heavy (non-hydrogen) atoms. The summed E-state index contributed by atoms with van der Waals surface area (Å²) in [6.45, 7) is -0.537. The summed E-state index contributed by atoms with van der Waals surface area (Å²) in [7, 11) is 0. The molecule has 5 nitrogen and oxygen atoms in total. The van der Waals surface area contributed by atoms with Crippen molar-refractivity contribution in [3.8, 4) is 0 Å². The minimum Gasteiger partial charge on any atom is -0.465 e. The summed E-state index contributed by atoms with van der Waals surface area (Å²) >= 11 is 5.67. The molecular weight excluding hydrogens is 366 g/mol. The van der Waals surface area contributed by atoms with E-state index in [1.807, 2.05) is 0 Å². The van der Waals surface area contributed by atoms with Crippen LogP contribution < -0.4 is 0 Å². The molecular formula is C15H12ClF4N3O2. The van der Waals surface area contributed by atoms with Crippen LogP contribution in [0.3, 0.4) is 0 Å². The average Bonchev–Trinajstić information content (AvgIpc) is 2.88. The molecule has 1 aromatic carbocycles. The van der Waals surface area contributed by atoms with E-state index < -0.39 is 23.8 Å². The Morgan fingerprint density at radius 1 is 1.36 bits per heavy atom. The highest BCUT2D eigenvalue weighted by Gasteiger charge is 2.40. The van der Waals surface area contributed by atoms with Crippen molar-refractivity contribution in [2.45, 2.75) is 25.7 Å². The van der Waals surface area contributed by atoms with E-state index in [9.17, 15) is 22.4 Å². The zero-order chi connectivity index (χ0) is 18.4. The van der Waals surface area contributed by atoms with Gasteiger partial charge in [-0.3, -0.25) is 4.68 Å². The number of nitrogens with zero attached hydrogens (tertiary/aromatic N) is 3. The van der Waals surface area contributed by atoms with Crippen molar-refractivity contribution >= 4 is 17.7 Å². The Morgan fingerprint density at radius 3 is 2.68 bits per heavy atom. The number of aromatic nitrogens is 2. The van der Waals surface area contributed by atoms with Crippen molar-refractivity contribution < 1.29 is 27.5 Å². The summed E-state index contributed by atoms with van der Waals surface area (Å²) in [4.78, 5) is 12.1. The molecule has 2 aromatic rings. The first-order chi connectivity index (χ1) is 11.7. The summed E-state index contributed by atoms with van der Waals surface area (Å²) in [6.07, 6.45) is -6.00. The molecule has 0 bridgehead atoms. The highest BCUT2D eigenvalue weighted by Crippen LogP contribution is 2.35. The molecule has 0 fully saturated rings. The number of benzene rings is 1. The maximum atomic E-state index is 14.0. The number of carbonyl (C=O) groups is 1. The van der Waals surface area contributed by atoms with Crippen LogP contribution in [0.2, 0.25) is 5.02 Å². The first-order valence-corrected chi connectivity index (χ1v) is 7.62. The van der Waals surface area contributed by atoms with Gasteiger partial charge in [-0.15, -0.1) is 0 Å². The minimum atomic E-state index is -4.67. The Labute approximate surface area is 144 Å². The molecule has 10 heteroatoms. The molecule has 0 spiro atoms. The second kappa shape index (κ2) is 6.21. The van der Waals surface area contributed by atoms with Crippen LogP contribution in [0, 0.1) is 5.82 Å². The third-order valence-corrected chi connectivity index (χ3v) is 4.25. The summed E-state index contributed by atoms with van der Waals surface area (Å²) in [6, 6.07) is 3.84. The SMILES string of the molecule is O=C(O)N1CCc2c(C(F)(F)F)nn(Cc3ccc(Cl)cc3F)c2C1. The van der Waals surface area contributed by atoms with Crippen molar-refractivity contribution in [3.05, 3.63) is 51.6 Å². The lowest BCUT2D eigenvalue weighted by Gasteiger charge is -2.25. The summed E-state index contributed by atoms with van der Waals surface area (Å²) < 4.78 is 54.6. The smallest absolute Gasteiger partial charge is 0.435 e. The maximum Gasteiger partial charge on any atom is 0.435 e. The maximum absolute atomic E-state index is 14.0. The molecule has 1 aliphatic heterocycles. The van der Waals surface area contributed by atoms with Crippen molar-refractivity contribution in [2.24, 2.45) is 0 Å². The number of hydrogen-bond acceptors (Lipinski definition) is 2. The molecule has 1 aliphatic rings. The predicted octanol–water partition coefficient (Wildman–Crippen LogP) is 3.78. The summed E-state index contributed by atoms with van der Waals surface area (Å²) in [5, 5.41) is 12.8. The van der Waals surface area contributed by atoms with Gasteiger partial charge in [0.2, 0.25) is 0 Å². The van der Waals surface area contributed by atoms with Crippen LogP contribution in [-0.2, 0) is 25.7 Å². The standard InChI is InChI=1S/C15H12ClF4N3O2/c16-9-2-1-8(11(17)5-9)6-23-12-7-22(14(24)25)4-3-10(12)13(21-23)15(18,19)20/h1-2,5H,3-4,6-7H2,(H,24,25). The van der Waals surface area contributed by atoms with Gasteiger partial charge in [0.05, 0.1) is 18.8 Å². The topological polar surface area (TPSA) is 58.4 Å². The van der Waals surface area contributed by atoms with Crippen molar-refractivity contribution in [1.82, 2.24) is 14.7 Å². The van der Waals surface area contributed by atoms with Crippen LogP contribution in [0.15, 0.2) is 18.2 Å². The van der Waals surface area contributed by atoms with Crippen LogP contribution in [-0.4, -0.2) is 32.4 Å². The van der Waals surface area contributed by atoms with Crippen LogP contribution in [0.1, 0.15) is 22.5 Å². The normalized spacial score (nSPS) is 14.5. The molecule has 0 radical (unpaired) electrons. The molecule has 134 valence electrons. The molecule has 3 rings (SSSR count). The lowest BCUT2D eigenvalue weighted by molar-refractivity contribution is -0.142. The Hall–Kier alpha value is -2.29. The molecule has 0 saturated heterocycles. The fourth-order valence-electron chi connectivity index (χ4n) is 2.81. The van der Waals surface area contributed by atoms with Gasteiger partial charge in [0.1, 0.15) is 5.82 Å². The van der Waals surface area contributed by atoms with Crippen molar-refractivity contribution in [3.63, 3.8) is 0 Å². The van der Waals surface area contributed by atoms with E-state index in [-0.39, 0.29) is 47.9 Å². The number of rotatable bonds is 2. The third-order valence-electron chi connectivity index (χ3n) is 4.01. The van der Waals surface area contributed by atoms with Gasteiger partial charge in [0, 0.05) is 22.7 Å². The van der Waals surface area contributed by atoms with Gasteiger partial charge < -0.3 is 10.0 Å². The van der Waals surface area contributed by atoms with Gasteiger partial charge in [-0.2, -0.15) is 18.3 Å². The monoisotopic (exact) mass is 377 g/mol. The Morgan fingerprint density at radius 2 is 2.08 bits per heavy atom. The van der Waals surface area contributed by atoms with E-state index in [1.54, 1.807) is 0 Å². The van der Waals surface area contributed by atoms with E-state index in [1.165, 1.54) is 12.1 Å². The zero-order valence-corrected chi connectivity index (χ0v) is 13.4. The highest BCUT2D eigenvalue weighted by atomic mass is 35.5. The van der Waals surface area contributed by atoms with Crippen LogP contribution in [0.4, 0.5) is 22.4 Å². The molecule has 0 aliphatic carbocycles. The largest absolute Gasteiger partial charge is 0.465 e. The second-order valence-corrected chi connectivity index (χ2v) is 6.06. The third kappa shape index (κ3) is 3.41. The lowest BCUT2D eigenvalue weighted by atomic mass is 10.0. The average molecular weight is 378 g/mol. The van der Waals surface area contributed by atoms with Gasteiger partial charge in [-0.05, 0) is 18.6 Å². The number of alkyl halides is 3. The summed E-state index contributed by atoms with van der Waals surface area (Å²) in [5.41, 5.74) is -0.868. The first-order valence-electron chi connectivity index (χ1n) is 7.24. The van der Waals surface area contributed by atoms with E-state index in [0.717, 1.165) is 15.6 Å². The molecule has 0 unspecified atom stereocenters. The van der Waals surface area contributed by atoms with Gasteiger partial charge in [0.25, 0.3) is 0 Å². The molecule has 1 amide bonds. The Bertz CT molecular complexity index is 835. The van der Waals surface area contributed by atoms with Gasteiger partial charge in [-0.1, -0.05) is 17.7 Å². The van der Waals surface area contributed by atoms with Crippen molar-refractivity contribution in [2.75, 3.05) is 6.54 Å². The van der Waals surface area contributed by atoms with E-state index in [4.69, 9.17) is 16.7 Å². The first kappa shape index (κ1) is 17.5. The highest BCUT2D eigenvalue weighted by molar-refractivity contribution is 6.30. The number of halogens is 5.